The second-order valence-corrected chi connectivity index (χ2v) is 6.39. The molecule has 0 saturated heterocycles. The Kier molecular flexibility index (Phi) is 8.63. The third-order valence-electron chi connectivity index (χ3n) is 4.25. The highest BCUT2D eigenvalue weighted by molar-refractivity contribution is 14.0. The standard InChI is InChI=1S/C20H28N6.HI/c1-3-21-20(23-11-14-26-16-17(2)15-24-26)22-10-6-12-25-13-9-18-7-4-5-8-19(18)25;/h4-5,7-9,13,15-16H,3,6,10-12,14H2,1-2H3,(H2,21,22,23);1H. The van der Waals surface area contributed by atoms with E-state index >= 15 is 0 Å². The van der Waals surface area contributed by atoms with Crippen LogP contribution in [0.1, 0.15) is 18.9 Å². The average molecular weight is 480 g/mol. The Hall–Kier alpha value is -2.03. The van der Waals surface area contributed by atoms with E-state index in [1.54, 1.807) is 0 Å². The predicted molar refractivity (Wildman–Crippen MR) is 123 cm³/mol. The second kappa shape index (κ2) is 11.0. The number of halogens is 1. The Labute approximate surface area is 178 Å². The summed E-state index contributed by atoms with van der Waals surface area (Å²) in [7, 11) is 0. The van der Waals surface area contributed by atoms with Gasteiger partial charge in [-0.15, -0.1) is 24.0 Å². The number of hydrogen-bond donors (Lipinski definition) is 2. The van der Waals surface area contributed by atoms with E-state index in [0.29, 0.717) is 0 Å². The van der Waals surface area contributed by atoms with Crippen LogP contribution < -0.4 is 10.6 Å². The molecule has 3 aromatic rings. The van der Waals surface area contributed by atoms with Gasteiger partial charge in [-0.1, -0.05) is 18.2 Å². The van der Waals surface area contributed by atoms with E-state index in [1.807, 2.05) is 17.1 Å². The van der Waals surface area contributed by atoms with Crippen LogP contribution in [0.4, 0.5) is 0 Å². The van der Waals surface area contributed by atoms with Gasteiger partial charge >= 0.3 is 0 Å². The van der Waals surface area contributed by atoms with E-state index in [1.165, 1.54) is 16.5 Å². The molecule has 0 aliphatic rings. The minimum atomic E-state index is 0. The van der Waals surface area contributed by atoms with E-state index in [4.69, 9.17) is 0 Å². The molecular weight excluding hydrogens is 451 g/mol. The first kappa shape index (κ1) is 21.3. The van der Waals surface area contributed by atoms with Gasteiger partial charge in [0, 0.05) is 44.1 Å². The molecule has 2 heterocycles. The predicted octanol–water partition coefficient (Wildman–Crippen LogP) is 3.41. The number of fused-ring (bicyclic) bond motifs is 1. The quantitative estimate of drug-likeness (QED) is 0.225. The Balaban J connectivity index is 0.00000261. The zero-order chi connectivity index (χ0) is 18.2. The number of aromatic nitrogens is 3. The molecule has 0 aliphatic heterocycles. The van der Waals surface area contributed by atoms with Crippen molar-refractivity contribution in [2.75, 3.05) is 19.6 Å². The van der Waals surface area contributed by atoms with Crippen LogP contribution in [0.5, 0.6) is 0 Å². The molecule has 0 amide bonds. The Morgan fingerprint density at radius 2 is 2.00 bits per heavy atom. The number of hydrogen-bond acceptors (Lipinski definition) is 2. The summed E-state index contributed by atoms with van der Waals surface area (Å²) in [6, 6.07) is 10.7. The summed E-state index contributed by atoms with van der Waals surface area (Å²) in [5.74, 6) is 0.869. The number of benzene rings is 1. The van der Waals surface area contributed by atoms with Crippen molar-refractivity contribution in [2.45, 2.75) is 33.4 Å². The van der Waals surface area contributed by atoms with Crippen molar-refractivity contribution in [1.82, 2.24) is 25.0 Å². The highest BCUT2D eigenvalue weighted by Crippen LogP contribution is 2.15. The van der Waals surface area contributed by atoms with Crippen molar-refractivity contribution >= 4 is 40.8 Å². The molecule has 0 unspecified atom stereocenters. The number of nitrogens with zero attached hydrogens (tertiary/aromatic N) is 4. The molecule has 0 saturated carbocycles. The lowest BCUT2D eigenvalue weighted by Crippen LogP contribution is -2.39. The summed E-state index contributed by atoms with van der Waals surface area (Å²) in [5, 5.41) is 12.3. The molecule has 27 heavy (non-hydrogen) atoms. The zero-order valence-electron chi connectivity index (χ0n) is 16.1. The summed E-state index contributed by atoms with van der Waals surface area (Å²) in [4.78, 5) is 4.68. The van der Waals surface area contributed by atoms with Crippen molar-refractivity contribution < 1.29 is 0 Å². The molecule has 2 aromatic heterocycles. The highest BCUT2D eigenvalue weighted by Gasteiger charge is 2.01. The first-order chi connectivity index (χ1) is 12.8. The lowest BCUT2D eigenvalue weighted by molar-refractivity contribution is 0.596. The van der Waals surface area contributed by atoms with Crippen molar-refractivity contribution in [3.8, 4) is 0 Å². The van der Waals surface area contributed by atoms with Crippen LogP contribution in [0.2, 0.25) is 0 Å². The van der Waals surface area contributed by atoms with Gasteiger partial charge in [-0.25, -0.2) is 0 Å². The van der Waals surface area contributed by atoms with Gasteiger partial charge in [0.25, 0.3) is 0 Å². The maximum atomic E-state index is 4.68. The number of aliphatic imine (C=N–C) groups is 1. The lowest BCUT2D eigenvalue weighted by atomic mass is 10.2. The topological polar surface area (TPSA) is 59.2 Å². The van der Waals surface area contributed by atoms with Gasteiger partial charge in [-0.3, -0.25) is 9.67 Å². The maximum Gasteiger partial charge on any atom is 0.191 e. The van der Waals surface area contributed by atoms with Crippen LogP contribution in [0.15, 0.2) is 53.9 Å². The molecular formula is C20H29IN6. The van der Waals surface area contributed by atoms with E-state index in [0.717, 1.165) is 45.1 Å². The fourth-order valence-corrected chi connectivity index (χ4v) is 2.99. The minimum Gasteiger partial charge on any atom is -0.357 e. The molecule has 7 heteroatoms. The third-order valence-corrected chi connectivity index (χ3v) is 4.25. The highest BCUT2D eigenvalue weighted by atomic mass is 127. The first-order valence-corrected chi connectivity index (χ1v) is 9.31. The number of nitrogens with one attached hydrogen (secondary N) is 2. The molecule has 0 aliphatic carbocycles. The fraction of sp³-hybridized carbons (Fsp3) is 0.400. The number of rotatable bonds is 8. The van der Waals surface area contributed by atoms with Crippen molar-refractivity contribution in [3.05, 3.63) is 54.5 Å². The number of para-hydroxylation sites is 1. The van der Waals surface area contributed by atoms with Gasteiger partial charge in [0.05, 0.1) is 12.7 Å². The largest absolute Gasteiger partial charge is 0.357 e. The third kappa shape index (κ3) is 6.27. The van der Waals surface area contributed by atoms with Gasteiger partial charge in [-0.2, -0.15) is 5.10 Å². The Morgan fingerprint density at radius 1 is 1.15 bits per heavy atom. The number of guanidine groups is 1. The average Bonchev–Trinajstić information content (AvgIpc) is 3.25. The molecule has 0 radical (unpaired) electrons. The minimum absolute atomic E-state index is 0. The summed E-state index contributed by atoms with van der Waals surface area (Å²) in [6.07, 6.45) is 7.09. The zero-order valence-corrected chi connectivity index (χ0v) is 18.4. The summed E-state index contributed by atoms with van der Waals surface area (Å²) >= 11 is 0. The Morgan fingerprint density at radius 3 is 2.78 bits per heavy atom. The molecule has 2 N–H and O–H groups in total. The second-order valence-electron chi connectivity index (χ2n) is 6.39. The fourth-order valence-electron chi connectivity index (χ4n) is 2.99. The molecule has 1 aromatic carbocycles. The molecule has 0 fully saturated rings. The summed E-state index contributed by atoms with van der Waals surface area (Å²) in [5.41, 5.74) is 2.47. The molecule has 6 nitrogen and oxygen atoms in total. The monoisotopic (exact) mass is 480 g/mol. The van der Waals surface area contributed by atoms with Gasteiger partial charge in [0.15, 0.2) is 5.96 Å². The first-order valence-electron chi connectivity index (χ1n) is 9.31. The van der Waals surface area contributed by atoms with Crippen LogP contribution in [-0.2, 0) is 13.1 Å². The van der Waals surface area contributed by atoms with Gasteiger partial charge < -0.3 is 15.2 Å². The van der Waals surface area contributed by atoms with Crippen molar-refractivity contribution in [3.63, 3.8) is 0 Å². The van der Waals surface area contributed by atoms with Crippen molar-refractivity contribution in [2.24, 2.45) is 4.99 Å². The molecule has 0 bridgehead atoms. The van der Waals surface area contributed by atoms with E-state index < -0.39 is 0 Å². The molecule has 146 valence electrons. The SMILES string of the molecule is CCNC(=NCCCn1ccc2ccccc21)NCCn1cc(C)cn1.I. The van der Waals surface area contributed by atoms with E-state index in [2.05, 4.69) is 75.7 Å². The molecule has 0 atom stereocenters. The molecule has 0 spiro atoms. The van der Waals surface area contributed by atoms with E-state index in [-0.39, 0.29) is 24.0 Å². The number of aryl methyl sites for hydroxylation is 2. The Bertz CT molecular complexity index is 851. The summed E-state index contributed by atoms with van der Waals surface area (Å²) < 4.78 is 4.24. The van der Waals surface area contributed by atoms with Crippen LogP contribution in [0.25, 0.3) is 10.9 Å². The van der Waals surface area contributed by atoms with E-state index in [9.17, 15) is 0 Å². The lowest BCUT2D eigenvalue weighted by Gasteiger charge is -2.11. The van der Waals surface area contributed by atoms with Gasteiger partial charge in [0.1, 0.15) is 0 Å². The van der Waals surface area contributed by atoms with Crippen LogP contribution in [0.3, 0.4) is 0 Å². The van der Waals surface area contributed by atoms with Gasteiger partial charge in [-0.05, 0) is 43.4 Å². The summed E-state index contributed by atoms with van der Waals surface area (Å²) in [6.45, 7) is 8.39. The van der Waals surface area contributed by atoms with Crippen LogP contribution in [-0.4, -0.2) is 39.9 Å². The maximum absolute atomic E-state index is 4.68. The van der Waals surface area contributed by atoms with Crippen LogP contribution >= 0.6 is 24.0 Å². The normalized spacial score (nSPS) is 11.4. The smallest absolute Gasteiger partial charge is 0.191 e. The van der Waals surface area contributed by atoms with Crippen molar-refractivity contribution in [1.29, 1.82) is 0 Å². The molecule has 3 rings (SSSR count). The van der Waals surface area contributed by atoms with Crippen LogP contribution in [0, 0.1) is 6.92 Å². The van der Waals surface area contributed by atoms with Gasteiger partial charge in [0.2, 0.25) is 0 Å².